The van der Waals surface area contributed by atoms with E-state index in [0.29, 0.717) is 0 Å². The Bertz CT molecular complexity index is 1130. The fourth-order valence-corrected chi connectivity index (χ4v) is 4.84. The highest BCUT2D eigenvalue weighted by atomic mass is 32.2. The number of para-hydroxylation sites is 2. The molecule has 0 spiro atoms. The highest BCUT2D eigenvalue weighted by Crippen LogP contribution is 2.47. The van der Waals surface area contributed by atoms with Gasteiger partial charge < -0.3 is 9.64 Å². The van der Waals surface area contributed by atoms with Gasteiger partial charge in [0.15, 0.2) is 5.82 Å². The maximum atomic E-state index is 5.20. The fraction of sp³-hybridized carbons (Fsp3) is 0.208. The van der Waals surface area contributed by atoms with Crippen LogP contribution >= 0.6 is 11.8 Å². The molecule has 6 nitrogen and oxygen atoms in total. The highest BCUT2D eigenvalue weighted by molar-refractivity contribution is 7.99. The SMILES string of the molecule is COc1ccc(-n2nnc(CCCCN3c4ccccc4Sc4ccccc43)n2)cc1. The van der Waals surface area contributed by atoms with Gasteiger partial charge in [0, 0.05) is 22.8 Å². The highest BCUT2D eigenvalue weighted by Gasteiger charge is 2.22. The molecule has 0 N–H and O–H groups in total. The number of unbranched alkanes of at least 4 members (excludes halogenated alkanes) is 1. The Morgan fingerprint density at radius 3 is 2.19 bits per heavy atom. The number of nitrogens with zero attached hydrogens (tertiary/aromatic N) is 5. The minimum Gasteiger partial charge on any atom is -0.497 e. The molecule has 0 aliphatic carbocycles. The molecule has 3 aromatic carbocycles. The topological polar surface area (TPSA) is 56.1 Å². The van der Waals surface area contributed by atoms with E-state index in [4.69, 9.17) is 4.74 Å². The van der Waals surface area contributed by atoms with Crippen LogP contribution in [0.4, 0.5) is 11.4 Å². The van der Waals surface area contributed by atoms with Crippen LogP contribution in [0.3, 0.4) is 0 Å². The summed E-state index contributed by atoms with van der Waals surface area (Å²) < 4.78 is 5.20. The molecule has 0 radical (unpaired) electrons. The molecule has 1 aliphatic heterocycles. The van der Waals surface area contributed by atoms with Gasteiger partial charge in [-0.05, 0) is 66.6 Å². The van der Waals surface area contributed by atoms with Crippen molar-refractivity contribution in [2.75, 3.05) is 18.6 Å². The van der Waals surface area contributed by atoms with Crippen LogP contribution in [0, 0.1) is 0 Å². The van der Waals surface area contributed by atoms with Gasteiger partial charge in [0.1, 0.15) is 5.75 Å². The summed E-state index contributed by atoms with van der Waals surface area (Å²) in [5.74, 6) is 1.58. The molecule has 0 fully saturated rings. The average molecular weight is 430 g/mol. The van der Waals surface area contributed by atoms with Crippen molar-refractivity contribution in [3.63, 3.8) is 0 Å². The number of ether oxygens (including phenoxy) is 1. The minimum absolute atomic E-state index is 0.769. The molecule has 4 aromatic rings. The van der Waals surface area contributed by atoms with Gasteiger partial charge in [0.25, 0.3) is 0 Å². The molecule has 0 saturated carbocycles. The lowest BCUT2D eigenvalue weighted by atomic mass is 10.1. The first kappa shape index (κ1) is 19.6. The second kappa shape index (κ2) is 8.81. The fourth-order valence-electron chi connectivity index (χ4n) is 3.74. The van der Waals surface area contributed by atoms with E-state index in [-0.39, 0.29) is 0 Å². The summed E-state index contributed by atoms with van der Waals surface area (Å²) >= 11 is 1.84. The third-order valence-corrected chi connectivity index (χ3v) is 6.45. The number of aryl methyl sites for hydroxylation is 1. The first-order valence-corrected chi connectivity index (χ1v) is 11.2. The first-order valence-electron chi connectivity index (χ1n) is 10.4. The van der Waals surface area contributed by atoms with Crippen LogP contribution in [0.15, 0.2) is 82.6 Å². The molecule has 156 valence electrons. The number of anilines is 2. The van der Waals surface area contributed by atoms with Crippen LogP contribution in [0.2, 0.25) is 0 Å². The lowest BCUT2D eigenvalue weighted by Crippen LogP contribution is -2.22. The Labute approximate surface area is 185 Å². The predicted molar refractivity (Wildman–Crippen MR) is 123 cm³/mol. The summed E-state index contributed by atoms with van der Waals surface area (Å²) in [5.41, 5.74) is 3.45. The summed E-state index contributed by atoms with van der Waals surface area (Å²) in [6.07, 6.45) is 2.86. The van der Waals surface area contributed by atoms with Gasteiger partial charge in [-0.3, -0.25) is 0 Å². The van der Waals surface area contributed by atoms with E-state index in [1.54, 1.807) is 11.9 Å². The number of tetrazole rings is 1. The number of hydrogen-bond donors (Lipinski definition) is 0. The maximum absolute atomic E-state index is 5.20. The van der Waals surface area contributed by atoms with E-state index in [2.05, 4.69) is 68.8 Å². The van der Waals surface area contributed by atoms with Gasteiger partial charge in [-0.1, -0.05) is 36.0 Å². The van der Waals surface area contributed by atoms with E-state index < -0.39 is 0 Å². The molecule has 1 aliphatic rings. The van der Waals surface area contributed by atoms with Crippen molar-refractivity contribution in [1.82, 2.24) is 20.2 Å². The van der Waals surface area contributed by atoms with Crippen molar-refractivity contribution in [3.8, 4) is 11.4 Å². The van der Waals surface area contributed by atoms with E-state index in [9.17, 15) is 0 Å². The molecular formula is C24H23N5OS. The maximum Gasteiger partial charge on any atom is 0.175 e. The van der Waals surface area contributed by atoms with Crippen LogP contribution in [0.5, 0.6) is 5.75 Å². The molecule has 31 heavy (non-hydrogen) atoms. The Balaban J connectivity index is 1.22. The third-order valence-electron chi connectivity index (χ3n) is 5.32. The van der Waals surface area contributed by atoms with Crippen molar-refractivity contribution in [2.45, 2.75) is 29.1 Å². The quantitative estimate of drug-likeness (QED) is 0.372. The lowest BCUT2D eigenvalue weighted by Gasteiger charge is -2.32. The summed E-state index contributed by atoms with van der Waals surface area (Å²) in [7, 11) is 1.65. The van der Waals surface area contributed by atoms with Crippen molar-refractivity contribution in [3.05, 3.63) is 78.6 Å². The summed E-state index contributed by atoms with van der Waals surface area (Å²) in [5, 5.41) is 12.9. The molecule has 0 amide bonds. The normalized spacial score (nSPS) is 12.4. The smallest absolute Gasteiger partial charge is 0.175 e. The predicted octanol–water partition coefficient (Wildman–Crippen LogP) is 5.30. The number of aromatic nitrogens is 4. The Kier molecular flexibility index (Phi) is 5.58. The molecule has 0 atom stereocenters. The molecular weight excluding hydrogens is 406 g/mol. The Morgan fingerprint density at radius 1 is 0.839 bits per heavy atom. The molecule has 1 aromatic heterocycles. The van der Waals surface area contributed by atoms with E-state index in [1.807, 2.05) is 36.0 Å². The first-order chi connectivity index (χ1) is 15.3. The van der Waals surface area contributed by atoms with Crippen LogP contribution in [-0.2, 0) is 6.42 Å². The van der Waals surface area contributed by atoms with Crippen LogP contribution in [0.25, 0.3) is 5.69 Å². The zero-order valence-corrected chi connectivity index (χ0v) is 18.1. The van der Waals surface area contributed by atoms with Gasteiger partial charge in [-0.25, -0.2) is 0 Å². The molecule has 0 saturated heterocycles. The second-order valence-corrected chi connectivity index (χ2v) is 8.42. The van der Waals surface area contributed by atoms with Crippen LogP contribution in [0.1, 0.15) is 18.7 Å². The largest absolute Gasteiger partial charge is 0.497 e. The Hall–Kier alpha value is -3.32. The van der Waals surface area contributed by atoms with Crippen molar-refractivity contribution in [1.29, 1.82) is 0 Å². The van der Waals surface area contributed by atoms with Crippen molar-refractivity contribution in [2.24, 2.45) is 0 Å². The van der Waals surface area contributed by atoms with Crippen LogP contribution in [-0.4, -0.2) is 33.9 Å². The average Bonchev–Trinajstić information content (AvgIpc) is 3.30. The van der Waals surface area contributed by atoms with Gasteiger partial charge in [0.05, 0.1) is 24.2 Å². The van der Waals surface area contributed by atoms with Crippen molar-refractivity contribution >= 4 is 23.1 Å². The van der Waals surface area contributed by atoms with Gasteiger partial charge in [-0.2, -0.15) is 0 Å². The molecule has 0 unspecified atom stereocenters. The molecule has 7 heteroatoms. The number of fused-ring (bicyclic) bond motifs is 2. The molecule has 5 rings (SSSR count). The number of hydrogen-bond acceptors (Lipinski definition) is 6. The van der Waals surface area contributed by atoms with Gasteiger partial charge in [0.2, 0.25) is 0 Å². The van der Waals surface area contributed by atoms with Gasteiger partial charge in [-0.15, -0.1) is 15.0 Å². The number of rotatable bonds is 7. The number of methoxy groups -OCH3 is 1. The molecule has 0 bridgehead atoms. The molecule has 2 heterocycles. The number of benzene rings is 3. The monoisotopic (exact) mass is 429 g/mol. The second-order valence-electron chi connectivity index (χ2n) is 7.34. The Morgan fingerprint density at radius 2 is 1.52 bits per heavy atom. The van der Waals surface area contributed by atoms with Crippen molar-refractivity contribution < 1.29 is 4.74 Å². The zero-order valence-electron chi connectivity index (χ0n) is 17.3. The minimum atomic E-state index is 0.769. The zero-order chi connectivity index (χ0) is 21.0. The van der Waals surface area contributed by atoms with E-state index in [1.165, 1.54) is 21.2 Å². The van der Waals surface area contributed by atoms with Crippen LogP contribution < -0.4 is 9.64 Å². The van der Waals surface area contributed by atoms with E-state index in [0.717, 1.165) is 43.1 Å². The standard InChI is InChI=1S/C24H23N5OS/c1-30-19-15-13-18(14-16-19)29-26-24(25-27-29)12-6-7-17-28-20-8-2-4-10-22(20)31-23-11-5-3-9-21(23)28/h2-5,8-11,13-16H,6-7,12,17H2,1H3. The summed E-state index contributed by atoms with van der Waals surface area (Å²) in [6, 6.07) is 24.9. The van der Waals surface area contributed by atoms with E-state index >= 15 is 0 Å². The third kappa shape index (κ3) is 4.14. The lowest BCUT2D eigenvalue weighted by molar-refractivity contribution is 0.414. The summed E-state index contributed by atoms with van der Waals surface area (Å²) in [4.78, 5) is 6.63. The summed E-state index contributed by atoms with van der Waals surface area (Å²) in [6.45, 7) is 0.960. The van der Waals surface area contributed by atoms with Gasteiger partial charge >= 0.3 is 0 Å².